The van der Waals surface area contributed by atoms with E-state index >= 15 is 0 Å². The molecule has 0 radical (unpaired) electrons. The Morgan fingerprint density at radius 1 is 1.22 bits per heavy atom. The van der Waals surface area contributed by atoms with Gasteiger partial charge in [-0.2, -0.15) is 0 Å². The number of unbranched alkanes of at least 4 members (excludes halogenated alkanes) is 2. The highest BCUT2D eigenvalue weighted by Gasteiger charge is 2.24. The van der Waals surface area contributed by atoms with Crippen molar-refractivity contribution in [3.05, 3.63) is 24.3 Å². The first-order chi connectivity index (χ1) is 10.8. The van der Waals surface area contributed by atoms with Crippen LogP contribution in [-0.4, -0.2) is 43.8 Å². The molecule has 1 aromatic rings. The van der Waals surface area contributed by atoms with Crippen LogP contribution in [0, 0.1) is 0 Å². The van der Waals surface area contributed by atoms with Crippen molar-refractivity contribution >= 4 is 11.8 Å². The van der Waals surface area contributed by atoms with E-state index in [1.807, 2.05) is 57.1 Å². The Bertz CT molecular complexity index is 487. The summed E-state index contributed by atoms with van der Waals surface area (Å²) in [6, 6.07) is 7.42. The van der Waals surface area contributed by atoms with Gasteiger partial charge in [0.15, 0.2) is 0 Å². The predicted octanol–water partition coefficient (Wildman–Crippen LogP) is 4.14. The molecule has 130 valence electrons. The molecule has 0 fully saturated rings. The monoisotopic (exact) mass is 322 g/mol. The average Bonchev–Trinajstić information content (AvgIpc) is 2.43. The lowest BCUT2D eigenvalue weighted by atomic mass is 10.1. The molecule has 0 aliphatic rings. The SMILES string of the molecule is CCCCCOc1ccccc1NC(=O)OC(C)(C)CN(C)C. The Kier molecular flexibility index (Phi) is 7.89. The minimum Gasteiger partial charge on any atom is -0.491 e. The molecule has 1 aromatic carbocycles. The van der Waals surface area contributed by atoms with Gasteiger partial charge in [-0.3, -0.25) is 5.32 Å². The molecule has 1 rings (SSSR count). The number of nitrogens with zero attached hydrogens (tertiary/aromatic N) is 1. The summed E-state index contributed by atoms with van der Waals surface area (Å²) in [6.07, 6.45) is 2.82. The molecule has 0 spiro atoms. The molecule has 0 aliphatic carbocycles. The zero-order valence-corrected chi connectivity index (χ0v) is 15.0. The zero-order chi connectivity index (χ0) is 17.3. The smallest absolute Gasteiger partial charge is 0.412 e. The molecule has 23 heavy (non-hydrogen) atoms. The van der Waals surface area contributed by atoms with E-state index in [0.717, 1.165) is 19.3 Å². The summed E-state index contributed by atoms with van der Waals surface area (Å²) in [7, 11) is 3.89. The number of para-hydroxylation sites is 2. The average molecular weight is 322 g/mol. The standard InChI is InChI=1S/C18H30N2O3/c1-6-7-10-13-22-16-12-9-8-11-15(16)19-17(21)23-18(2,3)14-20(4)5/h8-9,11-12H,6-7,10,13-14H2,1-5H3,(H,19,21). The van der Waals surface area contributed by atoms with Crippen molar-refractivity contribution < 1.29 is 14.3 Å². The van der Waals surface area contributed by atoms with E-state index in [9.17, 15) is 4.79 Å². The van der Waals surface area contributed by atoms with Crippen LogP contribution in [0.15, 0.2) is 24.3 Å². The van der Waals surface area contributed by atoms with Crippen LogP contribution in [0.4, 0.5) is 10.5 Å². The van der Waals surface area contributed by atoms with Gasteiger partial charge in [0.05, 0.1) is 12.3 Å². The van der Waals surface area contributed by atoms with E-state index in [4.69, 9.17) is 9.47 Å². The first-order valence-corrected chi connectivity index (χ1v) is 8.20. The van der Waals surface area contributed by atoms with Gasteiger partial charge in [-0.1, -0.05) is 31.9 Å². The highest BCUT2D eigenvalue weighted by Crippen LogP contribution is 2.25. The Morgan fingerprint density at radius 2 is 1.91 bits per heavy atom. The topological polar surface area (TPSA) is 50.8 Å². The second-order valence-electron chi connectivity index (χ2n) is 6.56. The molecule has 0 heterocycles. The summed E-state index contributed by atoms with van der Waals surface area (Å²) in [5.74, 6) is 0.672. The van der Waals surface area contributed by atoms with Gasteiger partial charge in [0.25, 0.3) is 0 Å². The van der Waals surface area contributed by atoms with Crippen LogP contribution >= 0.6 is 0 Å². The van der Waals surface area contributed by atoms with Crippen molar-refractivity contribution in [2.45, 2.75) is 45.6 Å². The molecule has 0 atom stereocenters. The second kappa shape index (κ2) is 9.40. The number of anilines is 1. The van der Waals surface area contributed by atoms with Gasteiger partial charge < -0.3 is 14.4 Å². The Balaban J connectivity index is 2.60. The molecule has 0 bridgehead atoms. The fourth-order valence-corrected chi connectivity index (χ4v) is 2.41. The molecule has 5 heteroatoms. The van der Waals surface area contributed by atoms with Gasteiger partial charge in [-0.25, -0.2) is 4.79 Å². The molecule has 0 aromatic heterocycles. The first-order valence-electron chi connectivity index (χ1n) is 8.20. The van der Waals surface area contributed by atoms with Crippen LogP contribution in [0.3, 0.4) is 0 Å². The quantitative estimate of drug-likeness (QED) is 0.694. The summed E-state index contributed by atoms with van der Waals surface area (Å²) in [6.45, 7) is 7.23. The third-order valence-corrected chi connectivity index (χ3v) is 3.20. The molecule has 1 amide bonds. The molecule has 0 unspecified atom stereocenters. The van der Waals surface area contributed by atoms with Crippen molar-refractivity contribution in [1.29, 1.82) is 0 Å². The number of rotatable bonds is 9. The van der Waals surface area contributed by atoms with Gasteiger partial charge in [0, 0.05) is 6.54 Å². The van der Waals surface area contributed by atoms with E-state index in [1.165, 1.54) is 0 Å². The molecular formula is C18H30N2O3. The summed E-state index contributed by atoms with van der Waals surface area (Å²) in [5.41, 5.74) is 0.0690. The van der Waals surface area contributed by atoms with Crippen LogP contribution in [0.25, 0.3) is 0 Å². The maximum absolute atomic E-state index is 12.1. The lowest BCUT2D eigenvalue weighted by Gasteiger charge is -2.28. The normalized spacial score (nSPS) is 11.4. The number of hydrogen-bond donors (Lipinski definition) is 1. The molecule has 0 saturated heterocycles. The Hall–Kier alpha value is -1.75. The number of nitrogens with one attached hydrogen (secondary N) is 1. The maximum atomic E-state index is 12.1. The lowest BCUT2D eigenvalue weighted by molar-refractivity contribution is 0.0295. The van der Waals surface area contributed by atoms with Crippen molar-refractivity contribution in [2.24, 2.45) is 0 Å². The van der Waals surface area contributed by atoms with Crippen LogP contribution in [-0.2, 0) is 4.74 Å². The second-order valence-corrected chi connectivity index (χ2v) is 6.56. The Morgan fingerprint density at radius 3 is 2.57 bits per heavy atom. The number of hydrogen-bond acceptors (Lipinski definition) is 4. The number of ether oxygens (including phenoxy) is 2. The third kappa shape index (κ3) is 7.88. The van der Waals surface area contributed by atoms with E-state index in [0.29, 0.717) is 24.6 Å². The van der Waals surface area contributed by atoms with Crippen LogP contribution in [0.1, 0.15) is 40.0 Å². The van der Waals surface area contributed by atoms with Gasteiger partial charge in [-0.15, -0.1) is 0 Å². The van der Waals surface area contributed by atoms with Gasteiger partial charge in [-0.05, 0) is 46.5 Å². The number of carbonyl (C=O) groups excluding carboxylic acids is 1. The highest BCUT2D eigenvalue weighted by atomic mass is 16.6. The summed E-state index contributed by atoms with van der Waals surface area (Å²) in [5, 5.41) is 2.78. The molecule has 0 saturated carbocycles. The van der Waals surface area contributed by atoms with Gasteiger partial charge >= 0.3 is 6.09 Å². The highest BCUT2D eigenvalue weighted by molar-refractivity contribution is 5.86. The van der Waals surface area contributed by atoms with Gasteiger partial charge in [0.2, 0.25) is 0 Å². The molecule has 0 aliphatic heterocycles. The fraction of sp³-hybridized carbons (Fsp3) is 0.611. The summed E-state index contributed by atoms with van der Waals surface area (Å²) < 4.78 is 11.3. The molecule has 5 nitrogen and oxygen atoms in total. The van der Waals surface area contributed by atoms with E-state index < -0.39 is 11.7 Å². The van der Waals surface area contributed by atoms with E-state index in [2.05, 4.69) is 12.2 Å². The number of amides is 1. The van der Waals surface area contributed by atoms with Crippen molar-refractivity contribution in [2.75, 3.05) is 32.6 Å². The van der Waals surface area contributed by atoms with Crippen LogP contribution in [0.2, 0.25) is 0 Å². The third-order valence-electron chi connectivity index (χ3n) is 3.20. The summed E-state index contributed by atoms with van der Waals surface area (Å²) in [4.78, 5) is 14.1. The summed E-state index contributed by atoms with van der Waals surface area (Å²) >= 11 is 0. The minimum atomic E-state index is -0.565. The van der Waals surface area contributed by atoms with Crippen molar-refractivity contribution in [1.82, 2.24) is 4.90 Å². The van der Waals surface area contributed by atoms with Crippen LogP contribution in [0.5, 0.6) is 5.75 Å². The fourth-order valence-electron chi connectivity index (χ4n) is 2.41. The minimum absolute atomic E-state index is 0.471. The van der Waals surface area contributed by atoms with Crippen LogP contribution < -0.4 is 10.1 Å². The number of carbonyl (C=O) groups is 1. The first kappa shape index (κ1) is 19.3. The Labute approximate surface area is 140 Å². The largest absolute Gasteiger partial charge is 0.491 e. The van der Waals surface area contributed by atoms with Crippen molar-refractivity contribution in [3.63, 3.8) is 0 Å². The van der Waals surface area contributed by atoms with Crippen molar-refractivity contribution in [3.8, 4) is 5.75 Å². The van der Waals surface area contributed by atoms with Gasteiger partial charge in [0.1, 0.15) is 11.4 Å². The number of benzene rings is 1. The number of likely N-dealkylation sites (N-methyl/N-ethyl adjacent to an activating group) is 1. The van der Waals surface area contributed by atoms with E-state index in [-0.39, 0.29) is 0 Å². The molecule has 1 N–H and O–H groups in total. The lowest BCUT2D eigenvalue weighted by Crippen LogP contribution is -2.40. The maximum Gasteiger partial charge on any atom is 0.412 e. The zero-order valence-electron chi connectivity index (χ0n) is 15.0. The predicted molar refractivity (Wildman–Crippen MR) is 94.2 cm³/mol. The molecular weight excluding hydrogens is 292 g/mol. The van der Waals surface area contributed by atoms with E-state index in [1.54, 1.807) is 0 Å².